The van der Waals surface area contributed by atoms with Crippen molar-refractivity contribution < 1.29 is 13.2 Å². The highest BCUT2D eigenvalue weighted by molar-refractivity contribution is 6.68. The Morgan fingerprint density at radius 1 is 1.00 bits per heavy atom. The fourth-order valence-electron chi connectivity index (χ4n) is 0.186. The van der Waals surface area contributed by atoms with Crippen molar-refractivity contribution in [3.05, 3.63) is 6.42 Å². The highest BCUT2D eigenvalue weighted by Crippen LogP contribution is 2.37. The maximum Gasteiger partial charge on any atom is 0.396 e. The van der Waals surface area contributed by atoms with Crippen LogP contribution in [0.15, 0.2) is 0 Å². The minimum absolute atomic E-state index is 0.329. The van der Waals surface area contributed by atoms with Crippen molar-refractivity contribution in [2.45, 2.75) is 9.97 Å². The second-order valence-corrected chi connectivity index (χ2v) is 3.60. The maximum atomic E-state index is 11.2. The Kier molecular flexibility index (Phi) is 2.92. The van der Waals surface area contributed by atoms with Crippen LogP contribution in [-0.2, 0) is 0 Å². The molecule has 0 bridgehead atoms. The molecule has 0 spiro atoms. The molecule has 0 aromatic heterocycles. The van der Waals surface area contributed by atoms with Gasteiger partial charge in [0.25, 0.3) is 0 Å². The summed E-state index contributed by atoms with van der Waals surface area (Å²) in [7, 11) is 0. The van der Waals surface area contributed by atoms with Crippen molar-refractivity contribution in [3.8, 4) is 0 Å². The highest BCUT2D eigenvalue weighted by Gasteiger charge is 2.39. The molecule has 0 N–H and O–H groups in total. The van der Waals surface area contributed by atoms with Gasteiger partial charge in [0.1, 0.15) is 6.42 Å². The van der Waals surface area contributed by atoms with Crippen molar-refractivity contribution in [2.75, 3.05) is 0 Å². The molecule has 0 nitrogen and oxygen atoms in total. The van der Waals surface area contributed by atoms with Gasteiger partial charge in [-0.3, -0.25) is 0 Å². The zero-order valence-corrected chi connectivity index (χ0v) is 6.11. The molecule has 0 aliphatic carbocycles. The van der Waals surface area contributed by atoms with E-state index in [9.17, 15) is 13.2 Å². The summed E-state index contributed by atoms with van der Waals surface area (Å²) in [6.45, 7) is 0. The molecule has 9 heavy (non-hydrogen) atoms. The molecule has 0 unspecified atom stereocenters. The third kappa shape index (κ3) is 8.66. The van der Waals surface area contributed by atoms with Crippen LogP contribution in [0.3, 0.4) is 0 Å². The first-order valence-corrected chi connectivity index (χ1v) is 2.85. The summed E-state index contributed by atoms with van der Waals surface area (Å²) in [4.78, 5) is 0. The fraction of sp³-hybridized carbons (Fsp3) is 0.667. The summed E-state index contributed by atoms with van der Waals surface area (Å²) in [5.41, 5.74) is 0. The van der Waals surface area contributed by atoms with Gasteiger partial charge in [0, 0.05) is 0 Å². The van der Waals surface area contributed by atoms with E-state index in [0.29, 0.717) is 0 Å². The van der Waals surface area contributed by atoms with Crippen molar-refractivity contribution in [2.24, 2.45) is 0 Å². The lowest BCUT2D eigenvalue weighted by Crippen LogP contribution is -2.19. The topological polar surface area (TPSA) is 0 Å². The maximum absolute atomic E-state index is 11.2. The molecule has 0 atom stereocenters. The van der Waals surface area contributed by atoms with E-state index in [0.717, 1.165) is 0 Å². The molecule has 0 saturated heterocycles. The van der Waals surface area contributed by atoms with E-state index in [-0.39, 0.29) is 6.42 Å². The third-order valence-electron chi connectivity index (χ3n) is 0.327. The van der Waals surface area contributed by atoms with E-state index in [1.807, 2.05) is 0 Å². The van der Waals surface area contributed by atoms with E-state index in [4.69, 9.17) is 34.8 Å². The van der Waals surface area contributed by atoms with Gasteiger partial charge in [-0.05, 0) is 0 Å². The Bertz CT molecular complexity index is 79.5. The van der Waals surface area contributed by atoms with Gasteiger partial charge in [0.15, 0.2) is 0 Å². The fourth-order valence-corrected chi connectivity index (χ4v) is 0.557. The number of hydrogen-bond donors (Lipinski definition) is 0. The predicted octanol–water partition coefficient (Wildman–Crippen LogP) is 3.12. The van der Waals surface area contributed by atoms with E-state index >= 15 is 0 Å². The third-order valence-corrected chi connectivity index (χ3v) is 0.655. The number of hydrogen-bond acceptors (Lipinski definition) is 0. The number of alkyl halides is 6. The van der Waals surface area contributed by atoms with Crippen molar-refractivity contribution in [1.82, 2.24) is 0 Å². The standard InChI is InChI=1S/C3HCl3F3/c4-2(5,6)1-3(7,8)9/h1H. The largest absolute Gasteiger partial charge is 0.396 e. The van der Waals surface area contributed by atoms with Crippen molar-refractivity contribution >= 4 is 34.8 Å². The summed E-state index contributed by atoms with van der Waals surface area (Å²) in [5, 5.41) is 0. The summed E-state index contributed by atoms with van der Waals surface area (Å²) in [6, 6.07) is 0. The molecule has 0 aromatic carbocycles. The minimum atomic E-state index is -4.54. The van der Waals surface area contributed by atoms with Gasteiger partial charge in [-0.2, -0.15) is 13.2 Å². The Morgan fingerprint density at radius 2 is 1.33 bits per heavy atom. The lowest BCUT2D eigenvalue weighted by molar-refractivity contribution is -0.0969. The van der Waals surface area contributed by atoms with Crippen molar-refractivity contribution in [1.29, 1.82) is 0 Å². The normalized spacial score (nSPS) is 14.0. The SMILES string of the molecule is FC(F)(F)[CH]C(Cl)(Cl)Cl. The van der Waals surface area contributed by atoms with Crippen LogP contribution in [0.4, 0.5) is 13.2 Å². The van der Waals surface area contributed by atoms with Gasteiger partial charge >= 0.3 is 6.18 Å². The van der Waals surface area contributed by atoms with Gasteiger partial charge in [-0.25, -0.2) is 0 Å². The summed E-state index contributed by atoms with van der Waals surface area (Å²) >= 11 is 14.3. The molecular formula is C3HCl3F3. The van der Waals surface area contributed by atoms with Crippen LogP contribution in [-0.4, -0.2) is 9.97 Å². The van der Waals surface area contributed by atoms with Gasteiger partial charge < -0.3 is 0 Å². The van der Waals surface area contributed by atoms with E-state index < -0.39 is 9.97 Å². The van der Waals surface area contributed by atoms with E-state index in [2.05, 4.69) is 0 Å². The molecule has 0 fully saturated rings. The van der Waals surface area contributed by atoms with E-state index in [1.54, 1.807) is 0 Å². The van der Waals surface area contributed by atoms with Crippen LogP contribution >= 0.6 is 34.8 Å². The van der Waals surface area contributed by atoms with Gasteiger partial charge in [-0.15, -0.1) is 0 Å². The first-order chi connectivity index (χ1) is 3.71. The van der Waals surface area contributed by atoms with Crippen LogP contribution in [0.1, 0.15) is 0 Å². The molecule has 0 aromatic rings. The van der Waals surface area contributed by atoms with Gasteiger partial charge in [0.2, 0.25) is 3.79 Å². The summed E-state index contributed by atoms with van der Waals surface area (Å²) in [5.74, 6) is 0. The monoisotopic (exact) mass is 199 g/mol. The molecule has 55 valence electrons. The summed E-state index contributed by atoms with van der Waals surface area (Å²) in [6.07, 6.45) is -4.87. The molecule has 0 aliphatic heterocycles. The lowest BCUT2D eigenvalue weighted by atomic mass is 10.5. The second-order valence-electron chi connectivity index (χ2n) is 1.23. The Labute approximate surface area is 64.9 Å². The van der Waals surface area contributed by atoms with Crippen LogP contribution in [0.2, 0.25) is 0 Å². The van der Waals surface area contributed by atoms with Crippen LogP contribution in [0, 0.1) is 6.42 Å². The minimum Gasteiger partial charge on any atom is -0.171 e. The predicted molar refractivity (Wildman–Crippen MR) is 30.6 cm³/mol. The molecule has 6 heteroatoms. The second kappa shape index (κ2) is 2.72. The Morgan fingerprint density at radius 3 is 1.33 bits per heavy atom. The molecule has 1 radical (unpaired) electrons. The summed E-state index contributed by atoms with van der Waals surface area (Å²) < 4.78 is 31.4. The molecule has 0 amide bonds. The molecule has 0 saturated carbocycles. The molecule has 0 rings (SSSR count). The van der Waals surface area contributed by atoms with E-state index in [1.165, 1.54) is 0 Å². The highest BCUT2D eigenvalue weighted by atomic mass is 35.6. The lowest BCUT2D eigenvalue weighted by Gasteiger charge is -2.11. The van der Waals surface area contributed by atoms with Crippen LogP contribution in [0.5, 0.6) is 0 Å². The first kappa shape index (κ1) is 9.66. The van der Waals surface area contributed by atoms with Crippen molar-refractivity contribution in [3.63, 3.8) is 0 Å². The average Bonchev–Trinajstić information content (AvgIpc) is 1.14. The average molecular weight is 200 g/mol. The number of rotatable bonds is 0. The molecule has 0 aliphatic rings. The zero-order chi connectivity index (χ0) is 7.71. The Hall–Kier alpha value is 0.660. The smallest absolute Gasteiger partial charge is 0.171 e. The zero-order valence-electron chi connectivity index (χ0n) is 3.85. The van der Waals surface area contributed by atoms with Gasteiger partial charge in [0.05, 0.1) is 0 Å². The first-order valence-electron chi connectivity index (χ1n) is 1.71. The molecular weight excluding hydrogens is 199 g/mol. The van der Waals surface area contributed by atoms with Crippen LogP contribution < -0.4 is 0 Å². The van der Waals surface area contributed by atoms with Crippen LogP contribution in [0.25, 0.3) is 0 Å². The Balaban J connectivity index is 3.75. The quantitative estimate of drug-likeness (QED) is 0.527. The molecule has 0 heterocycles. The number of halogens is 6. The van der Waals surface area contributed by atoms with Gasteiger partial charge in [-0.1, -0.05) is 34.8 Å².